The molecule has 2 aliphatic heterocycles. The molecule has 0 aliphatic carbocycles. The minimum Gasteiger partial charge on any atom is -0.495 e. The second-order valence-corrected chi connectivity index (χ2v) is 8.43. The van der Waals surface area contributed by atoms with Crippen molar-refractivity contribution >= 4 is 28.9 Å². The number of rotatable bonds is 4. The molecule has 0 radical (unpaired) electrons. The smallest absolute Gasteiger partial charge is 0.293 e. The SMILES string of the molecule is COc1ccc(C)c2c1N(C(=O)c1ccc(N3CCN(C(C)=O)CC3)c([N+](=O)[O-])c1)CCC2. The highest BCUT2D eigenvalue weighted by Crippen LogP contribution is 2.39. The largest absolute Gasteiger partial charge is 0.495 e. The summed E-state index contributed by atoms with van der Waals surface area (Å²) in [6.45, 7) is 6.08. The van der Waals surface area contributed by atoms with Gasteiger partial charge >= 0.3 is 0 Å². The molecule has 2 aromatic carbocycles. The standard InChI is InChI=1S/C24H28N4O5/c1-16-6-9-22(33-3)23-19(16)5-4-10-27(23)24(30)18-7-8-20(21(15-18)28(31)32)26-13-11-25(12-14-26)17(2)29/h6-9,15H,4-5,10-14H2,1-3H3. The summed E-state index contributed by atoms with van der Waals surface area (Å²) in [4.78, 5) is 41.9. The van der Waals surface area contributed by atoms with Gasteiger partial charge in [0.15, 0.2) is 0 Å². The number of nitro groups is 1. The van der Waals surface area contributed by atoms with Crippen LogP contribution in [0.5, 0.6) is 5.75 Å². The van der Waals surface area contributed by atoms with Gasteiger partial charge in [-0.3, -0.25) is 19.7 Å². The van der Waals surface area contributed by atoms with Crippen LogP contribution in [-0.2, 0) is 11.2 Å². The molecule has 33 heavy (non-hydrogen) atoms. The van der Waals surface area contributed by atoms with Gasteiger partial charge in [0.25, 0.3) is 11.6 Å². The molecule has 0 saturated carbocycles. The van der Waals surface area contributed by atoms with Crippen molar-refractivity contribution in [2.75, 3.05) is 49.6 Å². The Morgan fingerprint density at radius 1 is 1.06 bits per heavy atom. The topological polar surface area (TPSA) is 96.2 Å². The summed E-state index contributed by atoms with van der Waals surface area (Å²) in [6, 6.07) is 8.50. The van der Waals surface area contributed by atoms with E-state index in [2.05, 4.69) is 0 Å². The van der Waals surface area contributed by atoms with Gasteiger partial charge < -0.3 is 19.4 Å². The quantitative estimate of drug-likeness (QED) is 0.522. The number of hydrogen-bond donors (Lipinski definition) is 0. The van der Waals surface area contributed by atoms with Crippen molar-refractivity contribution in [3.05, 3.63) is 57.1 Å². The Balaban J connectivity index is 1.66. The maximum atomic E-state index is 13.5. The summed E-state index contributed by atoms with van der Waals surface area (Å²) >= 11 is 0. The number of ether oxygens (including phenoxy) is 1. The molecule has 0 bridgehead atoms. The molecular formula is C24H28N4O5. The molecule has 4 rings (SSSR count). The Labute approximate surface area is 192 Å². The van der Waals surface area contributed by atoms with Crippen molar-refractivity contribution in [2.45, 2.75) is 26.7 Å². The lowest BCUT2D eigenvalue weighted by atomic mass is 9.95. The minimum absolute atomic E-state index is 0.00225. The van der Waals surface area contributed by atoms with E-state index in [4.69, 9.17) is 4.74 Å². The zero-order valence-electron chi connectivity index (χ0n) is 19.2. The number of piperazine rings is 1. The molecule has 9 nitrogen and oxygen atoms in total. The lowest BCUT2D eigenvalue weighted by molar-refractivity contribution is -0.384. The predicted molar refractivity (Wildman–Crippen MR) is 125 cm³/mol. The fourth-order valence-corrected chi connectivity index (χ4v) is 4.71. The number of aryl methyl sites for hydroxylation is 1. The van der Waals surface area contributed by atoms with E-state index in [1.165, 1.54) is 13.0 Å². The van der Waals surface area contributed by atoms with Crippen molar-refractivity contribution in [3.8, 4) is 5.75 Å². The van der Waals surface area contributed by atoms with Gasteiger partial charge in [-0.2, -0.15) is 0 Å². The Morgan fingerprint density at radius 2 is 1.79 bits per heavy atom. The van der Waals surface area contributed by atoms with Gasteiger partial charge in [-0.15, -0.1) is 0 Å². The highest BCUT2D eigenvalue weighted by atomic mass is 16.6. The van der Waals surface area contributed by atoms with Gasteiger partial charge in [0.1, 0.15) is 11.4 Å². The fourth-order valence-electron chi connectivity index (χ4n) is 4.71. The molecule has 2 aliphatic rings. The average molecular weight is 453 g/mol. The van der Waals surface area contributed by atoms with E-state index in [1.807, 2.05) is 24.0 Å². The van der Waals surface area contributed by atoms with Crippen molar-refractivity contribution in [1.82, 2.24) is 4.90 Å². The number of hydrogen-bond acceptors (Lipinski definition) is 6. The predicted octanol–water partition coefficient (Wildman–Crippen LogP) is 3.17. The first kappa shape index (κ1) is 22.6. The van der Waals surface area contributed by atoms with Crippen molar-refractivity contribution < 1.29 is 19.2 Å². The van der Waals surface area contributed by atoms with Crippen LogP contribution in [-0.4, -0.2) is 61.5 Å². The Kier molecular flexibility index (Phi) is 6.22. The number of methoxy groups -OCH3 is 1. The fraction of sp³-hybridized carbons (Fsp3) is 0.417. The van der Waals surface area contributed by atoms with Crippen molar-refractivity contribution in [1.29, 1.82) is 0 Å². The van der Waals surface area contributed by atoms with Gasteiger partial charge in [-0.25, -0.2) is 0 Å². The van der Waals surface area contributed by atoms with E-state index in [0.717, 1.165) is 29.7 Å². The summed E-state index contributed by atoms with van der Waals surface area (Å²) in [5.74, 6) is 0.339. The summed E-state index contributed by atoms with van der Waals surface area (Å²) in [6.07, 6.45) is 1.67. The summed E-state index contributed by atoms with van der Waals surface area (Å²) in [5.41, 5.74) is 3.54. The lowest BCUT2D eigenvalue weighted by Crippen LogP contribution is -2.48. The van der Waals surface area contributed by atoms with Crippen molar-refractivity contribution in [2.24, 2.45) is 0 Å². The maximum Gasteiger partial charge on any atom is 0.293 e. The lowest BCUT2D eigenvalue weighted by Gasteiger charge is -2.35. The average Bonchev–Trinajstić information content (AvgIpc) is 2.83. The zero-order valence-corrected chi connectivity index (χ0v) is 19.2. The Hall–Kier alpha value is -3.62. The molecule has 0 N–H and O–H groups in total. The van der Waals surface area contributed by atoms with Crippen LogP contribution < -0.4 is 14.5 Å². The van der Waals surface area contributed by atoms with Crippen LogP contribution in [0.4, 0.5) is 17.1 Å². The summed E-state index contributed by atoms with van der Waals surface area (Å²) < 4.78 is 5.53. The van der Waals surface area contributed by atoms with Gasteiger partial charge in [-0.1, -0.05) is 6.07 Å². The van der Waals surface area contributed by atoms with Gasteiger partial charge in [0.2, 0.25) is 5.91 Å². The van der Waals surface area contributed by atoms with Gasteiger partial charge in [0, 0.05) is 51.3 Å². The molecule has 0 spiro atoms. The molecule has 0 atom stereocenters. The van der Waals surface area contributed by atoms with Gasteiger partial charge in [-0.05, 0) is 49.1 Å². The van der Waals surface area contributed by atoms with Crippen LogP contribution in [0.25, 0.3) is 0 Å². The molecule has 1 saturated heterocycles. The number of anilines is 2. The summed E-state index contributed by atoms with van der Waals surface area (Å²) in [5, 5.41) is 11.9. The molecule has 1 fully saturated rings. The highest BCUT2D eigenvalue weighted by Gasteiger charge is 2.30. The molecule has 9 heteroatoms. The van der Waals surface area contributed by atoms with Crippen LogP contribution >= 0.6 is 0 Å². The van der Waals surface area contributed by atoms with Crippen molar-refractivity contribution in [3.63, 3.8) is 0 Å². The van der Waals surface area contributed by atoms with E-state index >= 15 is 0 Å². The third-order valence-corrected chi connectivity index (χ3v) is 6.51. The maximum absolute atomic E-state index is 13.5. The van der Waals surface area contributed by atoms with E-state index in [1.54, 1.807) is 29.0 Å². The van der Waals surface area contributed by atoms with Crippen LogP contribution in [0.1, 0.15) is 34.8 Å². The van der Waals surface area contributed by atoms with Gasteiger partial charge in [0.05, 0.1) is 17.7 Å². The number of amides is 2. The Morgan fingerprint density at radius 3 is 2.42 bits per heavy atom. The normalized spacial score (nSPS) is 15.8. The number of nitrogens with zero attached hydrogens (tertiary/aromatic N) is 4. The third kappa shape index (κ3) is 4.22. The van der Waals surface area contributed by atoms with Crippen LogP contribution in [0.3, 0.4) is 0 Å². The molecule has 0 unspecified atom stereocenters. The molecule has 2 amide bonds. The zero-order chi connectivity index (χ0) is 23.7. The van der Waals surface area contributed by atoms with E-state index in [-0.39, 0.29) is 23.1 Å². The van der Waals surface area contributed by atoms with E-state index in [0.29, 0.717) is 44.2 Å². The second kappa shape index (κ2) is 9.09. The number of benzene rings is 2. The first-order chi connectivity index (χ1) is 15.8. The van der Waals surface area contributed by atoms with E-state index < -0.39 is 4.92 Å². The number of nitro benzene ring substituents is 1. The minimum atomic E-state index is -0.446. The first-order valence-electron chi connectivity index (χ1n) is 11.1. The molecule has 2 aromatic rings. The number of fused-ring (bicyclic) bond motifs is 1. The van der Waals surface area contributed by atoms with Crippen LogP contribution in [0, 0.1) is 17.0 Å². The van der Waals surface area contributed by atoms with Crippen LogP contribution in [0.15, 0.2) is 30.3 Å². The molecule has 174 valence electrons. The molecule has 2 heterocycles. The third-order valence-electron chi connectivity index (χ3n) is 6.51. The first-order valence-corrected chi connectivity index (χ1v) is 11.1. The second-order valence-electron chi connectivity index (χ2n) is 8.43. The van der Waals surface area contributed by atoms with E-state index in [9.17, 15) is 19.7 Å². The number of carbonyl (C=O) groups is 2. The Bertz CT molecular complexity index is 1110. The van der Waals surface area contributed by atoms with Crippen LogP contribution in [0.2, 0.25) is 0 Å². The highest BCUT2D eigenvalue weighted by molar-refractivity contribution is 6.08. The molecular weight excluding hydrogens is 424 g/mol. The number of carbonyl (C=O) groups excluding carboxylic acids is 2. The monoisotopic (exact) mass is 452 g/mol. The summed E-state index contributed by atoms with van der Waals surface area (Å²) in [7, 11) is 1.58. The molecule has 0 aromatic heterocycles.